The largest absolute Gasteiger partial charge is 0.378 e. The molecule has 2 aromatic rings. The van der Waals surface area contributed by atoms with Crippen molar-refractivity contribution in [2.24, 2.45) is 0 Å². The minimum atomic E-state index is -0.310. The maximum Gasteiger partial charge on any atom is 0.292 e. The molecule has 11 nitrogen and oxygen atoms in total. The Morgan fingerprint density at radius 1 is 0.727 bits per heavy atom. The zero-order valence-corrected chi connectivity index (χ0v) is 18.6. The summed E-state index contributed by atoms with van der Waals surface area (Å²) >= 11 is 0. The second kappa shape index (κ2) is 9.75. The summed E-state index contributed by atoms with van der Waals surface area (Å²) in [4.78, 5) is 29.7. The van der Waals surface area contributed by atoms with Crippen LogP contribution in [0.25, 0.3) is 0 Å². The van der Waals surface area contributed by atoms with Crippen molar-refractivity contribution >= 4 is 29.0 Å². The molecule has 4 heterocycles. The molecule has 5 rings (SSSR count). The number of morpholine rings is 2. The highest BCUT2D eigenvalue weighted by atomic mass is 16.6. The minimum Gasteiger partial charge on any atom is -0.378 e. The first-order valence-electron chi connectivity index (χ1n) is 11.5. The van der Waals surface area contributed by atoms with Gasteiger partial charge in [-0.05, 0) is 6.07 Å². The molecule has 33 heavy (non-hydrogen) atoms. The average Bonchev–Trinajstić information content (AvgIpc) is 2.89. The third-order valence-corrected chi connectivity index (χ3v) is 6.34. The van der Waals surface area contributed by atoms with Gasteiger partial charge in [0.2, 0.25) is 5.95 Å². The van der Waals surface area contributed by atoms with Crippen LogP contribution in [0.15, 0.2) is 30.3 Å². The minimum absolute atomic E-state index is 0.150. The molecular weight excluding hydrogens is 426 g/mol. The van der Waals surface area contributed by atoms with Crippen LogP contribution >= 0.6 is 0 Å². The number of benzene rings is 1. The Bertz CT molecular complexity index is 935. The molecule has 3 saturated heterocycles. The monoisotopic (exact) mass is 455 g/mol. The molecule has 3 aliphatic heterocycles. The number of anilines is 4. The van der Waals surface area contributed by atoms with Crippen LogP contribution in [0, 0.1) is 10.1 Å². The zero-order chi connectivity index (χ0) is 22.6. The van der Waals surface area contributed by atoms with Gasteiger partial charge in [0.25, 0.3) is 5.69 Å². The van der Waals surface area contributed by atoms with Crippen molar-refractivity contribution in [3.05, 3.63) is 40.4 Å². The van der Waals surface area contributed by atoms with Gasteiger partial charge in [0.1, 0.15) is 17.3 Å². The first-order valence-corrected chi connectivity index (χ1v) is 11.5. The number of nitro groups is 1. The molecule has 0 bridgehead atoms. The number of piperazine rings is 1. The van der Waals surface area contributed by atoms with E-state index in [9.17, 15) is 10.1 Å². The number of hydrogen-bond donors (Lipinski definition) is 0. The van der Waals surface area contributed by atoms with Crippen molar-refractivity contribution in [2.45, 2.75) is 0 Å². The lowest BCUT2D eigenvalue weighted by Crippen LogP contribution is -2.47. The van der Waals surface area contributed by atoms with Crippen LogP contribution in [0.3, 0.4) is 0 Å². The van der Waals surface area contributed by atoms with Crippen molar-refractivity contribution in [2.75, 3.05) is 98.4 Å². The Balaban J connectivity index is 1.37. The normalized spacial score (nSPS) is 19.6. The fraction of sp³-hybridized carbons (Fsp3) is 0.545. The highest BCUT2D eigenvalue weighted by Crippen LogP contribution is 2.30. The number of aromatic nitrogens is 2. The molecule has 0 N–H and O–H groups in total. The second-order valence-electron chi connectivity index (χ2n) is 8.30. The molecule has 0 amide bonds. The summed E-state index contributed by atoms with van der Waals surface area (Å²) in [6.45, 7) is 8.75. The Labute approximate surface area is 192 Å². The molecule has 11 heteroatoms. The summed E-state index contributed by atoms with van der Waals surface area (Å²) in [5.41, 5.74) is 0.824. The number of nitro benzene ring substituents is 1. The Hall–Kier alpha value is -3.18. The summed E-state index contributed by atoms with van der Waals surface area (Å²) in [6, 6.07) is 9.01. The van der Waals surface area contributed by atoms with Gasteiger partial charge in [0.15, 0.2) is 0 Å². The van der Waals surface area contributed by atoms with Gasteiger partial charge >= 0.3 is 0 Å². The number of rotatable bonds is 5. The highest BCUT2D eigenvalue weighted by Gasteiger charge is 2.26. The molecule has 0 radical (unpaired) electrons. The van der Waals surface area contributed by atoms with Gasteiger partial charge in [-0.1, -0.05) is 12.1 Å². The maximum atomic E-state index is 11.5. The van der Waals surface area contributed by atoms with Gasteiger partial charge in [-0.3, -0.25) is 10.1 Å². The van der Waals surface area contributed by atoms with E-state index >= 15 is 0 Å². The molecule has 0 unspecified atom stereocenters. The number of nitrogens with zero attached hydrogens (tertiary/aromatic N) is 7. The number of para-hydroxylation sites is 2. The van der Waals surface area contributed by atoms with E-state index in [1.807, 2.05) is 12.1 Å². The molecule has 3 fully saturated rings. The third kappa shape index (κ3) is 4.79. The average molecular weight is 456 g/mol. The molecule has 0 saturated carbocycles. The van der Waals surface area contributed by atoms with Gasteiger partial charge in [-0.2, -0.15) is 9.97 Å². The lowest BCUT2D eigenvalue weighted by molar-refractivity contribution is -0.384. The van der Waals surface area contributed by atoms with Gasteiger partial charge < -0.3 is 29.1 Å². The van der Waals surface area contributed by atoms with Crippen LogP contribution in [0.5, 0.6) is 0 Å². The molecule has 0 spiro atoms. The van der Waals surface area contributed by atoms with Gasteiger partial charge in [0, 0.05) is 64.5 Å². The molecule has 3 aliphatic rings. The molecule has 176 valence electrons. The van der Waals surface area contributed by atoms with E-state index in [0.29, 0.717) is 45.2 Å². The predicted molar refractivity (Wildman–Crippen MR) is 126 cm³/mol. The summed E-state index contributed by atoms with van der Waals surface area (Å²) in [7, 11) is 0. The lowest BCUT2D eigenvalue weighted by Gasteiger charge is -2.37. The predicted octanol–water partition coefficient (Wildman–Crippen LogP) is 1.38. The molecule has 1 aromatic carbocycles. The summed E-state index contributed by atoms with van der Waals surface area (Å²) in [6.07, 6.45) is 0. The molecular formula is C22H29N7O4. The highest BCUT2D eigenvalue weighted by molar-refractivity contribution is 5.64. The van der Waals surface area contributed by atoms with Crippen LogP contribution in [-0.4, -0.2) is 93.7 Å². The van der Waals surface area contributed by atoms with E-state index in [2.05, 4.69) is 25.7 Å². The quantitative estimate of drug-likeness (QED) is 0.486. The van der Waals surface area contributed by atoms with E-state index in [1.165, 1.54) is 0 Å². The first kappa shape index (κ1) is 21.7. The van der Waals surface area contributed by atoms with Crippen molar-refractivity contribution in [1.82, 2.24) is 9.97 Å². The number of ether oxygens (including phenoxy) is 2. The second-order valence-corrected chi connectivity index (χ2v) is 8.30. The van der Waals surface area contributed by atoms with E-state index in [-0.39, 0.29) is 10.6 Å². The molecule has 0 aliphatic carbocycles. The fourth-order valence-electron chi connectivity index (χ4n) is 4.49. The number of hydrogen-bond acceptors (Lipinski definition) is 10. The van der Waals surface area contributed by atoms with Crippen LogP contribution in [-0.2, 0) is 9.47 Å². The van der Waals surface area contributed by atoms with E-state index in [4.69, 9.17) is 19.4 Å². The first-order chi connectivity index (χ1) is 16.2. The van der Waals surface area contributed by atoms with Gasteiger partial charge in [0.05, 0.1) is 31.4 Å². The SMILES string of the molecule is O=[N+]([O-])c1ccccc1N1CCN(c2cc(N3CCOCC3)nc(N3CCOCC3)n2)CC1. The zero-order valence-electron chi connectivity index (χ0n) is 18.6. The van der Waals surface area contributed by atoms with Gasteiger partial charge in [-0.25, -0.2) is 0 Å². The Morgan fingerprint density at radius 3 is 1.85 bits per heavy atom. The van der Waals surface area contributed by atoms with E-state index in [1.54, 1.807) is 12.1 Å². The van der Waals surface area contributed by atoms with Crippen molar-refractivity contribution < 1.29 is 14.4 Å². The fourth-order valence-corrected chi connectivity index (χ4v) is 4.49. The van der Waals surface area contributed by atoms with Crippen LogP contribution in [0.1, 0.15) is 0 Å². The van der Waals surface area contributed by atoms with Crippen LogP contribution < -0.4 is 19.6 Å². The Kier molecular flexibility index (Phi) is 6.40. The summed E-state index contributed by atoms with van der Waals surface area (Å²) < 4.78 is 11.0. The Morgan fingerprint density at radius 2 is 1.24 bits per heavy atom. The van der Waals surface area contributed by atoms with E-state index < -0.39 is 0 Å². The maximum absolute atomic E-state index is 11.5. The topological polar surface area (TPSA) is 100 Å². The van der Waals surface area contributed by atoms with Crippen molar-refractivity contribution in [3.63, 3.8) is 0 Å². The van der Waals surface area contributed by atoms with Crippen LogP contribution in [0.4, 0.5) is 29.0 Å². The standard InChI is InChI=1S/C22H29N7O4/c30-29(31)19-4-2-1-3-18(19)25-5-7-26(8-6-25)20-17-21(27-9-13-32-14-10-27)24-22(23-20)28-11-15-33-16-12-28/h1-4,17H,5-16H2. The molecule has 1 aromatic heterocycles. The molecule has 0 atom stereocenters. The smallest absolute Gasteiger partial charge is 0.292 e. The van der Waals surface area contributed by atoms with Crippen LogP contribution in [0.2, 0.25) is 0 Å². The van der Waals surface area contributed by atoms with Crippen molar-refractivity contribution in [1.29, 1.82) is 0 Å². The van der Waals surface area contributed by atoms with Gasteiger partial charge in [-0.15, -0.1) is 0 Å². The van der Waals surface area contributed by atoms with Crippen molar-refractivity contribution in [3.8, 4) is 0 Å². The lowest BCUT2D eigenvalue weighted by atomic mass is 10.2. The summed E-state index contributed by atoms with van der Waals surface area (Å²) in [5.74, 6) is 2.56. The third-order valence-electron chi connectivity index (χ3n) is 6.34. The summed E-state index contributed by atoms with van der Waals surface area (Å²) in [5, 5.41) is 11.5. The van der Waals surface area contributed by atoms with E-state index in [0.717, 1.165) is 56.9 Å².